The third-order valence-corrected chi connectivity index (χ3v) is 3.92. The van der Waals surface area contributed by atoms with Crippen molar-refractivity contribution < 1.29 is 17.6 Å². The molecule has 0 aliphatic carbocycles. The van der Waals surface area contributed by atoms with Gasteiger partial charge in [0, 0.05) is 5.56 Å². The molecule has 2 rings (SSSR count). The van der Waals surface area contributed by atoms with E-state index in [1.807, 2.05) is 19.9 Å². The van der Waals surface area contributed by atoms with Crippen LogP contribution in [0.25, 0.3) is 0 Å². The van der Waals surface area contributed by atoms with Crippen LogP contribution in [0.1, 0.15) is 33.2 Å². The second-order valence-corrected chi connectivity index (χ2v) is 5.35. The number of rotatable bonds is 2. The summed E-state index contributed by atoms with van der Waals surface area (Å²) in [4.78, 5) is 0. The summed E-state index contributed by atoms with van der Waals surface area (Å²) in [5.74, 6) is -1.32. The van der Waals surface area contributed by atoms with Crippen LogP contribution in [0, 0.1) is 19.7 Å². The van der Waals surface area contributed by atoms with Crippen LogP contribution >= 0.6 is 11.6 Å². The SMILES string of the molecule is Cc1ccc(C(Cl)c2cccc(C(F)(F)F)c2F)cc1C. The monoisotopic (exact) mass is 316 g/mol. The van der Waals surface area contributed by atoms with Crippen molar-refractivity contribution in [3.63, 3.8) is 0 Å². The van der Waals surface area contributed by atoms with E-state index in [0.29, 0.717) is 11.6 Å². The lowest BCUT2D eigenvalue weighted by molar-refractivity contribution is -0.140. The molecule has 0 aliphatic heterocycles. The van der Waals surface area contributed by atoms with Crippen molar-refractivity contribution in [1.29, 1.82) is 0 Å². The van der Waals surface area contributed by atoms with Crippen molar-refractivity contribution in [1.82, 2.24) is 0 Å². The molecule has 0 amide bonds. The Bertz CT molecular complexity index is 662. The van der Waals surface area contributed by atoms with Gasteiger partial charge in [0.05, 0.1) is 10.9 Å². The molecule has 1 unspecified atom stereocenters. The van der Waals surface area contributed by atoms with Crippen molar-refractivity contribution in [2.24, 2.45) is 0 Å². The molecule has 0 bridgehead atoms. The summed E-state index contributed by atoms with van der Waals surface area (Å²) < 4.78 is 52.3. The number of halogens is 5. The van der Waals surface area contributed by atoms with E-state index in [1.54, 1.807) is 12.1 Å². The zero-order chi connectivity index (χ0) is 15.8. The minimum absolute atomic E-state index is 0.172. The molecule has 0 spiro atoms. The highest BCUT2D eigenvalue weighted by Gasteiger charge is 2.35. The van der Waals surface area contributed by atoms with Gasteiger partial charge in [-0.25, -0.2) is 4.39 Å². The number of benzene rings is 2. The van der Waals surface area contributed by atoms with E-state index in [1.165, 1.54) is 6.07 Å². The van der Waals surface area contributed by atoms with Crippen molar-refractivity contribution >= 4 is 11.6 Å². The van der Waals surface area contributed by atoms with Crippen LogP contribution in [0.15, 0.2) is 36.4 Å². The summed E-state index contributed by atoms with van der Waals surface area (Å²) >= 11 is 6.18. The first-order valence-corrected chi connectivity index (χ1v) is 6.72. The van der Waals surface area contributed by atoms with Crippen LogP contribution in [0.5, 0.6) is 0 Å². The van der Waals surface area contributed by atoms with Gasteiger partial charge in [-0.05, 0) is 36.6 Å². The van der Waals surface area contributed by atoms with Gasteiger partial charge in [-0.1, -0.05) is 30.3 Å². The Labute approximate surface area is 125 Å². The Morgan fingerprint density at radius 3 is 2.24 bits per heavy atom. The van der Waals surface area contributed by atoms with E-state index >= 15 is 0 Å². The lowest BCUT2D eigenvalue weighted by Crippen LogP contribution is -2.11. The average Bonchev–Trinajstić information content (AvgIpc) is 2.40. The standard InChI is InChI=1S/C16H13ClF4/c1-9-6-7-11(8-10(9)2)14(17)12-4-3-5-13(15(12)18)16(19,20)21/h3-8,14H,1-2H3. The third kappa shape index (κ3) is 3.21. The highest BCUT2D eigenvalue weighted by Crippen LogP contribution is 2.37. The molecule has 0 saturated carbocycles. The van der Waals surface area contributed by atoms with Crippen LogP contribution in [0.2, 0.25) is 0 Å². The van der Waals surface area contributed by atoms with E-state index in [4.69, 9.17) is 11.6 Å². The molecule has 0 aliphatic rings. The number of aryl methyl sites for hydroxylation is 2. The molecule has 5 heteroatoms. The normalized spacial score (nSPS) is 13.3. The summed E-state index contributed by atoms with van der Waals surface area (Å²) in [5.41, 5.74) is 1.08. The third-order valence-electron chi connectivity index (χ3n) is 3.43. The predicted molar refractivity (Wildman–Crippen MR) is 75.0 cm³/mol. The van der Waals surface area contributed by atoms with Crippen molar-refractivity contribution in [3.05, 3.63) is 70.0 Å². The van der Waals surface area contributed by atoms with Crippen LogP contribution in [0.3, 0.4) is 0 Å². The van der Waals surface area contributed by atoms with Crippen LogP contribution in [-0.4, -0.2) is 0 Å². The highest BCUT2D eigenvalue weighted by molar-refractivity contribution is 6.22. The molecular formula is C16H13ClF4. The first-order chi connectivity index (χ1) is 9.71. The minimum Gasteiger partial charge on any atom is -0.206 e. The molecule has 1 atom stereocenters. The van der Waals surface area contributed by atoms with E-state index in [2.05, 4.69) is 0 Å². The Balaban J connectivity index is 2.48. The molecule has 2 aromatic rings. The van der Waals surface area contributed by atoms with Crippen molar-refractivity contribution in [3.8, 4) is 0 Å². The van der Waals surface area contributed by atoms with E-state index in [9.17, 15) is 17.6 Å². The second kappa shape index (κ2) is 5.68. The largest absolute Gasteiger partial charge is 0.419 e. The molecule has 0 saturated heterocycles. The van der Waals surface area contributed by atoms with Gasteiger partial charge in [0.15, 0.2) is 0 Å². The highest BCUT2D eigenvalue weighted by atomic mass is 35.5. The Kier molecular flexibility index (Phi) is 4.28. The predicted octanol–water partition coefficient (Wildman–Crippen LogP) is 5.79. The van der Waals surface area contributed by atoms with Crippen molar-refractivity contribution in [2.75, 3.05) is 0 Å². The maximum Gasteiger partial charge on any atom is 0.419 e. The maximum absolute atomic E-state index is 14.1. The molecule has 0 aromatic heterocycles. The quantitative estimate of drug-likeness (QED) is 0.486. The second-order valence-electron chi connectivity index (χ2n) is 4.91. The molecular weight excluding hydrogens is 304 g/mol. The zero-order valence-corrected chi connectivity index (χ0v) is 12.2. The Morgan fingerprint density at radius 1 is 1.00 bits per heavy atom. The molecule has 0 heterocycles. The van der Waals surface area contributed by atoms with Gasteiger partial charge >= 0.3 is 6.18 Å². The van der Waals surface area contributed by atoms with Gasteiger partial charge in [0.1, 0.15) is 5.82 Å². The zero-order valence-electron chi connectivity index (χ0n) is 11.4. The molecule has 112 valence electrons. The summed E-state index contributed by atoms with van der Waals surface area (Å²) in [7, 11) is 0. The maximum atomic E-state index is 14.1. The van der Waals surface area contributed by atoms with E-state index < -0.39 is 22.9 Å². The van der Waals surface area contributed by atoms with Gasteiger partial charge in [-0.2, -0.15) is 13.2 Å². The molecule has 0 radical (unpaired) electrons. The molecule has 21 heavy (non-hydrogen) atoms. The lowest BCUT2D eigenvalue weighted by atomic mass is 9.98. The number of hydrogen-bond acceptors (Lipinski definition) is 0. The van der Waals surface area contributed by atoms with Crippen molar-refractivity contribution in [2.45, 2.75) is 25.4 Å². The smallest absolute Gasteiger partial charge is 0.206 e. The van der Waals surface area contributed by atoms with Crippen LogP contribution in [0.4, 0.5) is 17.6 Å². The van der Waals surface area contributed by atoms with E-state index in [0.717, 1.165) is 17.2 Å². The molecule has 0 fully saturated rings. The summed E-state index contributed by atoms with van der Waals surface area (Å²) in [6.07, 6.45) is -4.74. The molecule has 2 aromatic carbocycles. The van der Waals surface area contributed by atoms with Gasteiger partial charge in [-0.3, -0.25) is 0 Å². The first kappa shape index (κ1) is 15.8. The summed E-state index contributed by atoms with van der Waals surface area (Å²) in [5, 5.41) is -0.966. The fourth-order valence-corrected chi connectivity index (χ4v) is 2.37. The van der Waals surface area contributed by atoms with Gasteiger partial charge in [0.25, 0.3) is 0 Å². The number of hydrogen-bond donors (Lipinski definition) is 0. The fourth-order valence-electron chi connectivity index (χ4n) is 2.07. The first-order valence-electron chi connectivity index (χ1n) is 6.28. The molecule has 0 N–H and O–H groups in total. The average molecular weight is 317 g/mol. The van der Waals surface area contributed by atoms with E-state index in [-0.39, 0.29) is 5.56 Å². The fraction of sp³-hybridized carbons (Fsp3) is 0.250. The summed E-state index contributed by atoms with van der Waals surface area (Å²) in [6.45, 7) is 3.78. The Hall–Kier alpha value is -1.55. The topological polar surface area (TPSA) is 0 Å². The van der Waals surface area contributed by atoms with Gasteiger partial charge in [-0.15, -0.1) is 11.6 Å². The van der Waals surface area contributed by atoms with Crippen LogP contribution in [-0.2, 0) is 6.18 Å². The van der Waals surface area contributed by atoms with Crippen LogP contribution < -0.4 is 0 Å². The minimum atomic E-state index is -4.74. The number of alkyl halides is 4. The van der Waals surface area contributed by atoms with Gasteiger partial charge in [0.2, 0.25) is 0 Å². The molecule has 0 nitrogen and oxygen atoms in total. The van der Waals surface area contributed by atoms with Gasteiger partial charge < -0.3 is 0 Å². The summed E-state index contributed by atoms with van der Waals surface area (Å²) in [6, 6.07) is 8.41. The Morgan fingerprint density at radius 2 is 1.67 bits per heavy atom. The lowest BCUT2D eigenvalue weighted by Gasteiger charge is -2.16.